The Labute approximate surface area is 180 Å². The Bertz CT molecular complexity index is 1190. The second-order valence-corrected chi connectivity index (χ2v) is 10.5. The molecule has 11 nitrogen and oxygen atoms in total. The average Bonchev–Trinajstić information content (AvgIpc) is 2.91. The number of methoxy groups -OCH3 is 1. The van der Waals surface area contributed by atoms with Gasteiger partial charge in [-0.25, -0.2) is 26.8 Å². The molecule has 1 aliphatic heterocycles. The van der Waals surface area contributed by atoms with Crippen LogP contribution >= 0.6 is 0 Å². The zero-order valence-corrected chi connectivity index (χ0v) is 19.0. The fraction of sp³-hybridized carbons (Fsp3) is 0.444. The van der Waals surface area contributed by atoms with Gasteiger partial charge in [0.2, 0.25) is 20.0 Å². The van der Waals surface area contributed by atoms with E-state index >= 15 is 0 Å². The minimum atomic E-state index is -4.01. The quantitative estimate of drug-likeness (QED) is 0.617. The summed E-state index contributed by atoms with van der Waals surface area (Å²) in [6.07, 6.45) is 0.486. The average molecular weight is 473 g/mol. The van der Waals surface area contributed by atoms with Crippen molar-refractivity contribution in [1.82, 2.24) is 9.46 Å². The van der Waals surface area contributed by atoms with Crippen LogP contribution in [0.2, 0.25) is 0 Å². The van der Waals surface area contributed by atoms with Crippen molar-refractivity contribution in [2.24, 2.45) is 5.14 Å². The summed E-state index contributed by atoms with van der Waals surface area (Å²) >= 11 is 0. The van der Waals surface area contributed by atoms with E-state index in [2.05, 4.69) is 5.16 Å². The zero-order valence-electron chi connectivity index (χ0n) is 17.4. The first-order valence-electron chi connectivity index (χ1n) is 9.40. The number of aryl methyl sites for hydroxylation is 2. The number of sulfonamides is 2. The van der Waals surface area contributed by atoms with E-state index in [0.29, 0.717) is 24.3 Å². The monoisotopic (exact) mass is 472 g/mol. The maximum Gasteiger partial charge on any atom is 0.340 e. The van der Waals surface area contributed by atoms with E-state index in [9.17, 15) is 21.6 Å². The highest BCUT2D eigenvalue weighted by atomic mass is 32.2. The van der Waals surface area contributed by atoms with Crippen molar-refractivity contribution < 1.29 is 30.9 Å². The largest absolute Gasteiger partial charge is 0.465 e. The highest BCUT2D eigenvalue weighted by Gasteiger charge is 2.33. The Morgan fingerprint density at radius 1 is 1.13 bits per heavy atom. The predicted molar refractivity (Wildman–Crippen MR) is 111 cm³/mol. The van der Waals surface area contributed by atoms with Crippen molar-refractivity contribution in [2.75, 3.05) is 38.2 Å². The highest BCUT2D eigenvalue weighted by Crippen LogP contribution is 2.28. The van der Waals surface area contributed by atoms with Crippen LogP contribution in [0.1, 0.15) is 28.2 Å². The van der Waals surface area contributed by atoms with Crippen LogP contribution < -0.4 is 10.0 Å². The molecule has 2 aromatic rings. The number of carbonyl (C=O) groups is 1. The molecule has 1 saturated heterocycles. The molecule has 1 aromatic carbocycles. The van der Waals surface area contributed by atoms with Gasteiger partial charge in [0.25, 0.3) is 0 Å². The van der Waals surface area contributed by atoms with E-state index in [1.165, 1.54) is 29.6 Å². The summed E-state index contributed by atoms with van der Waals surface area (Å²) in [6, 6.07) is 3.95. The third-order valence-electron chi connectivity index (χ3n) is 5.06. The molecule has 0 saturated carbocycles. The number of anilines is 1. The van der Waals surface area contributed by atoms with Crippen molar-refractivity contribution in [3.05, 3.63) is 35.2 Å². The van der Waals surface area contributed by atoms with E-state index in [-0.39, 0.29) is 40.7 Å². The van der Waals surface area contributed by atoms with Crippen molar-refractivity contribution in [1.29, 1.82) is 0 Å². The van der Waals surface area contributed by atoms with Gasteiger partial charge in [-0.15, -0.1) is 0 Å². The second kappa shape index (κ2) is 8.57. The van der Waals surface area contributed by atoms with Gasteiger partial charge in [-0.3, -0.25) is 0 Å². The molecule has 0 atom stereocenters. The summed E-state index contributed by atoms with van der Waals surface area (Å²) in [7, 11) is -6.62. The van der Waals surface area contributed by atoms with Gasteiger partial charge in [-0.05, 0) is 38.5 Å². The Kier molecular flexibility index (Phi) is 6.41. The van der Waals surface area contributed by atoms with E-state index in [4.69, 9.17) is 14.4 Å². The van der Waals surface area contributed by atoms with Crippen LogP contribution in [0.5, 0.6) is 0 Å². The number of hydrogen-bond acceptors (Lipinski definition) is 9. The first kappa shape index (κ1) is 23.2. The fourth-order valence-corrected chi connectivity index (χ4v) is 5.89. The van der Waals surface area contributed by atoms with Gasteiger partial charge in [0.15, 0.2) is 5.76 Å². The summed E-state index contributed by atoms with van der Waals surface area (Å²) in [5, 5.41) is 8.91. The van der Waals surface area contributed by atoms with Crippen LogP contribution in [-0.4, -0.2) is 65.6 Å². The summed E-state index contributed by atoms with van der Waals surface area (Å²) in [6.45, 7) is 4.28. The Balaban J connectivity index is 1.91. The molecule has 3 rings (SSSR count). The number of carbonyl (C=O) groups excluding carboxylic acids is 1. The standard InChI is InChI=1S/C18H24N4O7S2/c1-12-17(13(2)29-20-12)31(26,27)22-8-4-7-21(9-10-22)16-6-5-14(30(19,24)25)11-15(16)18(23)28-3/h5-6,11H,4,7-10H2,1-3H3,(H2,19,24,25). The number of ether oxygens (including phenoxy) is 1. The van der Waals surface area contributed by atoms with Crippen LogP contribution in [0.3, 0.4) is 0 Å². The lowest BCUT2D eigenvalue weighted by Crippen LogP contribution is -2.36. The van der Waals surface area contributed by atoms with Gasteiger partial charge in [-0.2, -0.15) is 4.31 Å². The Morgan fingerprint density at radius 2 is 1.84 bits per heavy atom. The van der Waals surface area contributed by atoms with Gasteiger partial charge in [0, 0.05) is 26.2 Å². The van der Waals surface area contributed by atoms with E-state index < -0.39 is 26.0 Å². The molecule has 0 spiro atoms. The summed E-state index contributed by atoms with van der Waals surface area (Å²) < 4.78 is 60.8. The molecule has 0 aliphatic carbocycles. The Hall–Kier alpha value is -2.48. The van der Waals surface area contributed by atoms with Crippen molar-refractivity contribution >= 4 is 31.7 Å². The smallest absolute Gasteiger partial charge is 0.340 e. The van der Waals surface area contributed by atoms with Crippen molar-refractivity contribution in [3.63, 3.8) is 0 Å². The SMILES string of the molecule is COC(=O)c1cc(S(N)(=O)=O)ccc1N1CCCN(S(=O)(=O)c2c(C)noc2C)CC1. The number of esters is 1. The molecular weight excluding hydrogens is 448 g/mol. The fourth-order valence-electron chi connectivity index (χ4n) is 3.59. The molecule has 1 aliphatic rings. The molecule has 2 heterocycles. The molecule has 2 N–H and O–H groups in total. The van der Waals surface area contributed by atoms with Crippen molar-refractivity contribution in [3.8, 4) is 0 Å². The lowest BCUT2D eigenvalue weighted by molar-refractivity contribution is 0.0601. The lowest BCUT2D eigenvalue weighted by atomic mass is 10.1. The van der Waals surface area contributed by atoms with E-state index in [0.717, 1.165) is 0 Å². The molecule has 0 bridgehead atoms. The number of hydrogen-bond donors (Lipinski definition) is 1. The Morgan fingerprint density at radius 3 is 2.42 bits per heavy atom. The number of rotatable bonds is 5. The highest BCUT2D eigenvalue weighted by molar-refractivity contribution is 7.89. The maximum absolute atomic E-state index is 13.1. The molecular formula is C18H24N4O7S2. The summed E-state index contributed by atoms with van der Waals surface area (Å²) in [5.41, 5.74) is 0.775. The molecule has 1 fully saturated rings. The second-order valence-electron chi connectivity index (χ2n) is 7.11. The third-order valence-corrected chi connectivity index (χ3v) is 8.12. The number of primary sulfonamides is 1. The van der Waals surface area contributed by atoms with E-state index in [1.54, 1.807) is 13.8 Å². The predicted octanol–water partition coefficient (Wildman–Crippen LogP) is 0.626. The number of benzene rings is 1. The number of nitrogens with zero attached hydrogens (tertiary/aromatic N) is 3. The zero-order chi connectivity index (χ0) is 23.0. The molecule has 0 radical (unpaired) electrons. The van der Waals surface area contributed by atoms with Gasteiger partial charge >= 0.3 is 5.97 Å². The molecule has 31 heavy (non-hydrogen) atoms. The van der Waals surface area contributed by atoms with Crippen LogP contribution in [-0.2, 0) is 24.8 Å². The van der Waals surface area contributed by atoms with Crippen molar-refractivity contribution in [2.45, 2.75) is 30.1 Å². The number of aromatic nitrogens is 1. The summed E-state index contributed by atoms with van der Waals surface area (Å²) in [5.74, 6) is -0.491. The summed E-state index contributed by atoms with van der Waals surface area (Å²) in [4.78, 5) is 14.0. The van der Waals surface area contributed by atoms with Crippen LogP contribution in [0, 0.1) is 13.8 Å². The van der Waals surface area contributed by atoms with Crippen LogP contribution in [0.4, 0.5) is 5.69 Å². The molecule has 13 heteroatoms. The first-order chi connectivity index (χ1) is 14.5. The minimum absolute atomic E-state index is 0.0380. The van der Waals surface area contributed by atoms with Gasteiger partial charge < -0.3 is 14.2 Å². The van der Waals surface area contributed by atoms with Gasteiger partial charge in [0.1, 0.15) is 10.6 Å². The first-order valence-corrected chi connectivity index (χ1v) is 12.4. The normalized spacial score (nSPS) is 16.2. The van der Waals surface area contributed by atoms with Crippen LogP contribution in [0.25, 0.3) is 0 Å². The van der Waals surface area contributed by atoms with Gasteiger partial charge in [0.05, 0.1) is 23.3 Å². The maximum atomic E-state index is 13.1. The number of nitrogens with two attached hydrogens (primary N) is 1. The van der Waals surface area contributed by atoms with Gasteiger partial charge in [-0.1, -0.05) is 5.16 Å². The van der Waals surface area contributed by atoms with Crippen LogP contribution in [0.15, 0.2) is 32.5 Å². The van der Waals surface area contributed by atoms with E-state index in [1.807, 2.05) is 4.90 Å². The third kappa shape index (κ3) is 4.59. The topological polar surface area (TPSA) is 153 Å². The molecule has 0 amide bonds. The minimum Gasteiger partial charge on any atom is -0.465 e. The lowest BCUT2D eigenvalue weighted by Gasteiger charge is -2.25. The molecule has 1 aromatic heterocycles. The molecule has 0 unspecified atom stereocenters. The molecule has 170 valence electrons.